The van der Waals surface area contributed by atoms with Crippen LogP contribution in [0.5, 0.6) is 0 Å². The number of halogens is 1. The number of nitro groups is 2. The standard InChI is InChI=1S/C9H10FN3O4/c1-5-7(8(10)4-11)2-6(12(14)15)3-9(5)13(16)17/h2-3,8H,4,11H2,1H3. The molecule has 0 aliphatic heterocycles. The van der Waals surface area contributed by atoms with E-state index < -0.39 is 27.4 Å². The molecule has 0 saturated heterocycles. The summed E-state index contributed by atoms with van der Waals surface area (Å²) in [6, 6.07) is 1.78. The summed E-state index contributed by atoms with van der Waals surface area (Å²) < 4.78 is 13.4. The minimum atomic E-state index is -1.66. The third-order valence-corrected chi connectivity index (χ3v) is 2.36. The molecule has 0 amide bonds. The van der Waals surface area contributed by atoms with Gasteiger partial charge in [0.25, 0.3) is 11.4 Å². The molecule has 1 aromatic rings. The Morgan fingerprint density at radius 2 is 1.94 bits per heavy atom. The molecule has 92 valence electrons. The highest BCUT2D eigenvalue weighted by atomic mass is 19.1. The van der Waals surface area contributed by atoms with Gasteiger partial charge in [0.05, 0.1) is 15.9 Å². The van der Waals surface area contributed by atoms with Gasteiger partial charge in [0.1, 0.15) is 6.17 Å². The summed E-state index contributed by atoms with van der Waals surface area (Å²) in [5.74, 6) is 0. The summed E-state index contributed by atoms with van der Waals surface area (Å²) in [4.78, 5) is 19.7. The first-order valence-corrected chi connectivity index (χ1v) is 4.66. The largest absolute Gasteiger partial charge is 0.327 e. The van der Waals surface area contributed by atoms with Crippen molar-refractivity contribution in [3.8, 4) is 0 Å². The minimum Gasteiger partial charge on any atom is -0.327 e. The highest BCUT2D eigenvalue weighted by Gasteiger charge is 2.24. The van der Waals surface area contributed by atoms with Crippen LogP contribution in [0.1, 0.15) is 17.3 Å². The van der Waals surface area contributed by atoms with Gasteiger partial charge in [0.2, 0.25) is 0 Å². The summed E-state index contributed by atoms with van der Waals surface area (Å²) in [5.41, 5.74) is 4.05. The summed E-state index contributed by atoms with van der Waals surface area (Å²) in [6.45, 7) is 0.943. The van der Waals surface area contributed by atoms with Crippen molar-refractivity contribution in [2.24, 2.45) is 5.73 Å². The third kappa shape index (κ3) is 2.53. The molecule has 17 heavy (non-hydrogen) atoms. The molecule has 8 heteroatoms. The zero-order chi connectivity index (χ0) is 13.2. The van der Waals surface area contributed by atoms with Crippen molar-refractivity contribution < 1.29 is 14.2 Å². The van der Waals surface area contributed by atoms with Crippen LogP contribution >= 0.6 is 0 Å². The Balaban J connectivity index is 3.48. The lowest BCUT2D eigenvalue weighted by Gasteiger charge is -2.09. The van der Waals surface area contributed by atoms with Crippen molar-refractivity contribution in [2.75, 3.05) is 6.54 Å². The number of nitrogens with zero attached hydrogens (tertiary/aromatic N) is 2. The molecule has 2 N–H and O–H groups in total. The Morgan fingerprint density at radius 3 is 2.35 bits per heavy atom. The topological polar surface area (TPSA) is 112 Å². The number of benzene rings is 1. The van der Waals surface area contributed by atoms with Crippen LogP contribution in [-0.2, 0) is 0 Å². The normalized spacial score (nSPS) is 12.2. The fraction of sp³-hybridized carbons (Fsp3) is 0.333. The molecule has 7 nitrogen and oxygen atoms in total. The second-order valence-electron chi connectivity index (χ2n) is 3.40. The molecular weight excluding hydrogens is 233 g/mol. The SMILES string of the molecule is Cc1c(C(F)CN)cc([N+](=O)[O-])cc1[N+](=O)[O-]. The van der Waals surface area contributed by atoms with Gasteiger partial charge >= 0.3 is 0 Å². The summed E-state index contributed by atoms with van der Waals surface area (Å²) in [6.07, 6.45) is -1.66. The summed E-state index contributed by atoms with van der Waals surface area (Å²) in [5, 5.41) is 21.3. The number of nitrogens with two attached hydrogens (primary N) is 1. The highest BCUT2D eigenvalue weighted by Crippen LogP contribution is 2.32. The van der Waals surface area contributed by atoms with Crippen LogP contribution in [-0.4, -0.2) is 16.4 Å². The summed E-state index contributed by atoms with van der Waals surface area (Å²) in [7, 11) is 0. The van der Waals surface area contributed by atoms with Crippen molar-refractivity contribution in [1.82, 2.24) is 0 Å². The average molecular weight is 243 g/mol. The predicted octanol–water partition coefficient (Wildman–Crippen LogP) is 1.78. The zero-order valence-corrected chi connectivity index (χ0v) is 8.92. The minimum absolute atomic E-state index is 0.0542. The molecule has 0 radical (unpaired) electrons. The number of nitro benzene ring substituents is 2. The molecule has 0 aromatic heterocycles. The molecule has 0 bridgehead atoms. The Kier molecular flexibility index (Phi) is 3.69. The number of rotatable bonds is 4. The lowest BCUT2D eigenvalue weighted by Crippen LogP contribution is -2.10. The van der Waals surface area contributed by atoms with Crippen LogP contribution in [0.2, 0.25) is 0 Å². The number of hydrogen-bond donors (Lipinski definition) is 1. The first-order chi connectivity index (χ1) is 7.88. The van der Waals surface area contributed by atoms with Crippen molar-refractivity contribution in [3.63, 3.8) is 0 Å². The van der Waals surface area contributed by atoms with Gasteiger partial charge in [0.15, 0.2) is 0 Å². The van der Waals surface area contributed by atoms with E-state index in [1.54, 1.807) is 0 Å². The van der Waals surface area contributed by atoms with Crippen LogP contribution in [0.3, 0.4) is 0 Å². The lowest BCUT2D eigenvalue weighted by atomic mass is 10.0. The van der Waals surface area contributed by atoms with E-state index in [9.17, 15) is 24.6 Å². The molecule has 1 aromatic carbocycles. The lowest BCUT2D eigenvalue weighted by molar-refractivity contribution is -0.394. The van der Waals surface area contributed by atoms with E-state index in [4.69, 9.17) is 5.73 Å². The van der Waals surface area contributed by atoms with Crippen LogP contribution in [0.4, 0.5) is 15.8 Å². The third-order valence-electron chi connectivity index (χ3n) is 2.36. The van der Waals surface area contributed by atoms with Gasteiger partial charge in [-0.15, -0.1) is 0 Å². The Bertz CT molecular complexity index is 478. The number of non-ortho nitro benzene ring substituents is 1. The monoisotopic (exact) mass is 243 g/mol. The van der Waals surface area contributed by atoms with E-state index in [1.807, 2.05) is 0 Å². The molecule has 1 unspecified atom stereocenters. The van der Waals surface area contributed by atoms with E-state index in [-0.39, 0.29) is 17.7 Å². The van der Waals surface area contributed by atoms with Gasteiger partial charge in [-0.1, -0.05) is 0 Å². The first kappa shape index (κ1) is 13.0. The van der Waals surface area contributed by atoms with Gasteiger partial charge in [-0.2, -0.15) is 0 Å². The number of hydrogen-bond acceptors (Lipinski definition) is 5. The van der Waals surface area contributed by atoms with Gasteiger partial charge in [0, 0.05) is 23.7 Å². The summed E-state index contributed by atoms with van der Waals surface area (Å²) >= 11 is 0. The predicted molar refractivity (Wildman–Crippen MR) is 57.4 cm³/mol. The first-order valence-electron chi connectivity index (χ1n) is 4.66. The van der Waals surface area contributed by atoms with Crippen LogP contribution in [0.15, 0.2) is 12.1 Å². The molecule has 0 heterocycles. The van der Waals surface area contributed by atoms with Crippen molar-refractivity contribution in [3.05, 3.63) is 43.5 Å². The van der Waals surface area contributed by atoms with E-state index >= 15 is 0 Å². The van der Waals surface area contributed by atoms with E-state index in [0.29, 0.717) is 0 Å². The van der Waals surface area contributed by atoms with E-state index in [2.05, 4.69) is 0 Å². The Morgan fingerprint density at radius 1 is 1.35 bits per heavy atom. The van der Waals surface area contributed by atoms with Crippen LogP contribution < -0.4 is 5.73 Å². The van der Waals surface area contributed by atoms with Crippen molar-refractivity contribution >= 4 is 11.4 Å². The Hall–Kier alpha value is -2.09. The van der Waals surface area contributed by atoms with E-state index in [0.717, 1.165) is 12.1 Å². The maximum atomic E-state index is 13.4. The van der Waals surface area contributed by atoms with Gasteiger partial charge in [-0.3, -0.25) is 20.2 Å². The second-order valence-corrected chi connectivity index (χ2v) is 3.40. The van der Waals surface area contributed by atoms with Crippen LogP contribution in [0, 0.1) is 27.2 Å². The quantitative estimate of drug-likeness (QED) is 0.639. The van der Waals surface area contributed by atoms with E-state index in [1.165, 1.54) is 6.92 Å². The molecule has 0 fully saturated rings. The maximum absolute atomic E-state index is 13.4. The molecule has 1 rings (SSSR count). The van der Waals surface area contributed by atoms with Gasteiger partial charge < -0.3 is 5.73 Å². The molecule has 0 aliphatic carbocycles. The molecule has 1 atom stereocenters. The molecule has 0 spiro atoms. The number of alkyl halides is 1. The van der Waals surface area contributed by atoms with Crippen LogP contribution in [0.25, 0.3) is 0 Å². The Labute approximate surface area is 95.3 Å². The van der Waals surface area contributed by atoms with Gasteiger partial charge in [-0.05, 0) is 6.92 Å². The second kappa shape index (κ2) is 4.83. The van der Waals surface area contributed by atoms with Crippen molar-refractivity contribution in [2.45, 2.75) is 13.1 Å². The molecule has 0 saturated carbocycles. The van der Waals surface area contributed by atoms with Gasteiger partial charge in [-0.25, -0.2) is 4.39 Å². The molecule has 0 aliphatic rings. The zero-order valence-electron chi connectivity index (χ0n) is 8.92. The average Bonchev–Trinajstić information content (AvgIpc) is 2.27. The maximum Gasteiger partial charge on any atom is 0.279 e. The molecular formula is C9H10FN3O4. The fourth-order valence-electron chi connectivity index (χ4n) is 1.45. The highest BCUT2D eigenvalue weighted by molar-refractivity contribution is 5.54. The smallest absolute Gasteiger partial charge is 0.279 e. The van der Waals surface area contributed by atoms with Crippen molar-refractivity contribution in [1.29, 1.82) is 0 Å². The fourth-order valence-corrected chi connectivity index (χ4v) is 1.45.